The summed E-state index contributed by atoms with van der Waals surface area (Å²) in [6.45, 7) is 13.5. The molecule has 7 heteroatoms. The average molecular weight is 370 g/mol. The van der Waals surface area contributed by atoms with Crippen LogP contribution in [0.25, 0.3) is 0 Å². The maximum atomic E-state index is 12.7. The molecule has 1 aliphatic rings. The third-order valence-corrected chi connectivity index (χ3v) is 4.00. The molecule has 0 N–H and O–H groups in total. The SMILES string of the molecule is CC(C(=O)OC(C)(C)C)C(CC1(C)CC(=O)OC1=O)C(=O)OC(C)(C)C. The van der Waals surface area contributed by atoms with Crippen molar-refractivity contribution < 1.29 is 33.4 Å². The minimum absolute atomic E-state index is 0.0348. The third-order valence-electron chi connectivity index (χ3n) is 4.00. The van der Waals surface area contributed by atoms with Crippen LogP contribution in [-0.4, -0.2) is 35.1 Å². The van der Waals surface area contributed by atoms with Crippen LogP contribution >= 0.6 is 0 Å². The molecule has 0 amide bonds. The molecule has 26 heavy (non-hydrogen) atoms. The van der Waals surface area contributed by atoms with Crippen LogP contribution in [0, 0.1) is 17.3 Å². The van der Waals surface area contributed by atoms with E-state index in [4.69, 9.17) is 9.47 Å². The Morgan fingerprint density at radius 2 is 1.50 bits per heavy atom. The molecule has 1 saturated heterocycles. The highest BCUT2D eigenvalue weighted by Crippen LogP contribution is 2.40. The Morgan fingerprint density at radius 1 is 1.04 bits per heavy atom. The van der Waals surface area contributed by atoms with Crippen molar-refractivity contribution in [2.24, 2.45) is 17.3 Å². The Kier molecular flexibility index (Phi) is 6.27. The van der Waals surface area contributed by atoms with Crippen LogP contribution in [0.15, 0.2) is 0 Å². The van der Waals surface area contributed by atoms with Crippen molar-refractivity contribution in [1.29, 1.82) is 0 Å². The van der Waals surface area contributed by atoms with Gasteiger partial charge in [0.15, 0.2) is 0 Å². The molecule has 3 atom stereocenters. The largest absolute Gasteiger partial charge is 0.460 e. The van der Waals surface area contributed by atoms with Crippen molar-refractivity contribution in [2.45, 2.75) is 79.4 Å². The fraction of sp³-hybridized carbons (Fsp3) is 0.789. The van der Waals surface area contributed by atoms with E-state index in [0.29, 0.717) is 0 Å². The van der Waals surface area contributed by atoms with Crippen molar-refractivity contribution >= 4 is 23.9 Å². The second kappa shape index (κ2) is 7.37. The molecule has 0 aromatic rings. The van der Waals surface area contributed by atoms with Crippen molar-refractivity contribution in [3.63, 3.8) is 0 Å². The van der Waals surface area contributed by atoms with E-state index >= 15 is 0 Å². The van der Waals surface area contributed by atoms with Crippen molar-refractivity contribution in [3.8, 4) is 0 Å². The Bertz CT molecular complexity index is 594. The first-order chi connectivity index (χ1) is 11.5. The zero-order chi connectivity index (χ0) is 20.5. The summed E-state index contributed by atoms with van der Waals surface area (Å²) >= 11 is 0. The minimum atomic E-state index is -1.17. The fourth-order valence-corrected chi connectivity index (χ4v) is 2.69. The molecule has 1 aliphatic heterocycles. The molecule has 0 spiro atoms. The first-order valence-electron chi connectivity index (χ1n) is 8.75. The van der Waals surface area contributed by atoms with E-state index in [1.165, 1.54) is 0 Å². The molecule has 0 radical (unpaired) electrons. The van der Waals surface area contributed by atoms with Gasteiger partial charge >= 0.3 is 23.9 Å². The van der Waals surface area contributed by atoms with Crippen LogP contribution in [-0.2, 0) is 33.4 Å². The minimum Gasteiger partial charge on any atom is -0.460 e. The van der Waals surface area contributed by atoms with Gasteiger partial charge in [-0.2, -0.15) is 0 Å². The van der Waals surface area contributed by atoms with E-state index in [1.807, 2.05) is 0 Å². The van der Waals surface area contributed by atoms with E-state index in [2.05, 4.69) is 4.74 Å². The average Bonchev–Trinajstić information content (AvgIpc) is 2.64. The first kappa shape index (κ1) is 22.1. The van der Waals surface area contributed by atoms with Crippen LogP contribution in [0.3, 0.4) is 0 Å². The zero-order valence-electron chi connectivity index (χ0n) is 16.9. The molecule has 0 aliphatic carbocycles. The van der Waals surface area contributed by atoms with Gasteiger partial charge in [-0.15, -0.1) is 0 Å². The van der Waals surface area contributed by atoms with Gasteiger partial charge in [0, 0.05) is 0 Å². The summed E-state index contributed by atoms with van der Waals surface area (Å²) in [5, 5.41) is 0. The number of cyclic esters (lactones) is 2. The molecule has 1 rings (SSSR count). The van der Waals surface area contributed by atoms with Crippen LogP contribution < -0.4 is 0 Å². The van der Waals surface area contributed by atoms with Gasteiger partial charge in [-0.1, -0.05) is 6.92 Å². The van der Waals surface area contributed by atoms with Gasteiger partial charge in [0.05, 0.1) is 23.7 Å². The molecule has 0 saturated carbocycles. The molecule has 148 valence electrons. The van der Waals surface area contributed by atoms with Gasteiger partial charge in [0.25, 0.3) is 0 Å². The normalized spacial score (nSPS) is 23.2. The lowest BCUT2D eigenvalue weighted by molar-refractivity contribution is -0.174. The van der Waals surface area contributed by atoms with E-state index < -0.39 is 52.3 Å². The molecule has 0 aromatic carbocycles. The molecular formula is C19H30O7. The van der Waals surface area contributed by atoms with Crippen LogP contribution in [0.4, 0.5) is 0 Å². The number of rotatable bonds is 5. The molecule has 1 heterocycles. The second-order valence-electron chi connectivity index (χ2n) is 9.17. The van der Waals surface area contributed by atoms with Crippen LogP contribution in [0.1, 0.15) is 68.2 Å². The van der Waals surface area contributed by atoms with Gasteiger partial charge in [0.1, 0.15) is 11.2 Å². The van der Waals surface area contributed by atoms with E-state index in [-0.39, 0.29) is 12.8 Å². The maximum absolute atomic E-state index is 12.7. The summed E-state index contributed by atoms with van der Waals surface area (Å²) in [6, 6.07) is 0. The van der Waals surface area contributed by atoms with Gasteiger partial charge in [0.2, 0.25) is 0 Å². The van der Waals surface area contributed by atoms with Crippen LogP contribution in [0.5, 0.6) is 0 Å². The first-order valence-corrected chi connectivity index (χ1v) is 8.75. The summed E-state index contributed by atoms with van der Waals surface area (Å²) in [6.07, 6.45) is -0.168. The maximum Gasteiger partial charge on any atom is 0.320 e. The predicted molar refractivity (Wildman–Crippen MR) is 92.8 cm³/mol. The van der Waals surface area contributed by atoms with Crippen LogP contribution in [0.2, 0.25) is 0 Å². The monoisotopic (exact) mass is 370 g/mol. The van der Waals surface area contributed by atoms with Gasteiger partial charge in [-0.3, -0.25) is 19.2 Å². The van der Waals surface area contributed by atoms with E-state index in [1.54, 1.807) is 55.4 Å². The Morgan fingerprint density at radius 3 is 1.88 bits per heavy atom. The fourth-order valence-electron chi connectivity index (χ4n) is 2.69. The topological polar surface area (TPSA) is 96.0 Å². The molecule has 0 aromatic heterocycles. The van der Waals surface area contributed by atoms with Crippen molar-refractivity contribution in [3.05, 3.63) is 0 Å². The lowest BCUT2D eigenvalue weighted by atomic mass is 9.75. The summed E-state index contributed by atoms with van der Waals surface area (Å²) in [5.41, 5.74) is -2.64. The number of hydrogen-bond acceptors (Lipinski definition) is 7. The number of carbonyl (C=O) groups is 4. The highest BCUT2D eigenvalue weighted by molar-refractivity contribution is 5.97. The third kappa shape index (κ3) is 6.11. The lowest BCUT2D eigenvalue weighted by Gasteiger charge is -2.31. The Balaban J connectivity index is 3.10. The summed E-state index contributed by atoms with van der Waals surface area (Å²) in [4.78, 5) is 48.8. The van der Waals surface area contributed by atoms with Gasteiger partial charge in [-0.05, 0) is 54.9 Å². The predicted octanol–water partition coefficient (Wildman–Crippen LogP) is 2.79. The standard InChI is InChI=1S/C19H30O7/c1-11(14(21)25-17(2,3)4)12(15(22)26-18(5,6)7)9-19(8)10-13(20)24-16(19)23/h11-12H,9-10H2,1-8H3. The quantitative estimate of drug-likeness (QED) is 0.417. The molecule has 1 fully saturated rings. The molecule has 0 bridgehead atoms. The highest BCUT2D eigenvalue weighted by atomic mass is 16.6. The molecule has 7 nitrogen and oxygen atoms in total. The number of carbonyl (C=O) groups excluding carboxylic acids is 4. The van der Waals surface area contributed by atoms with Crippen molar-refractivity contribution in [2.75, 3.05) is 0 Å². The van der Waals surface area contributed by atoms with Crippen molar-refractivity contribution in [1.82, 2.24) is 0 Å². The molecule has 3 unspecified atom stereocenters. The smallest absolute Gasteiger partial charge is 0.320 e. The van der Waals surface area contributed by atoms with E-state index in [0.717, 1.165) is 0 Å². The number of esters is 4. The highest BCUT2D eigenvalue weighted by Gasteiger charge is 2.50. The number of hydrogen-bond donors (Lipinski definition) is 0. The summed E-state index contributed by atoms with van der Waals surface area (Å²) < 4.78 is 15.4. The Hall–Kier alpha value is -1.92. The lowest BCUT2D eigenvalue weighted by Crippen LogP contribution is -2.40. The second-order valence-corrected chi connectivity index (χ2v) is 9.17. The summed E-state index contributed by atoms with van der Waals surface area (Å²) in [7, 11) is 0. The summed E-state index contributed by atoms with van der Waals surface area (Å²) in [5.74, 6) is -4.27. The van der Waals surface area contributed by atoms with Gasteiger partial charge in [-0.25, -0.2) is 0 Å². The Labute approximate surface area is 154 Å². The molecular weight excluding hydrogens is 340 g/mol. The van der Waals surface area contributed by atoms with Gasteiger partial charge < -0.3 is 14.2 Å². The van der Waals surface area contributed by atoms with E-state index in [9.17, 15) is 19.2 Å². The number of ether oxygens (including phenoxy) is 3. The zero-order valence-corrected chi connectivity index (χ0v) is 16.9.